The second kappa shape index (κ2) is 17.3. The highest BCUT2D eigenvalue weighted by Gasteiger charge is 2.29. The van der Waals surface area contributed by atoms with Crippen LogP contribution < -0.4 is 21.2 Å². The molecule has 8 aromatic rings. The maximum absolute atomic E-state index is 2.34. The molecule has 0 fully saturated rings. The minimum atomic E-state index is -0.230. The van der Waals surface area contributed by atoms with Crippen LogP contribution in [0.25, 0.3) is 0 Å². The molecule has 0 aliphatic rings. The van der Waals surface area contributed by atoms with E-state index in [-0.39, 0.29) is 43.0 Å². The molecule has 0 saturated carbocycles. The van der Waals surface area contributed by atoms with Crippen molar-refractivity contribution in [2.75, 3.05) is 0 Å². The molecule has 0 atom stereocenters. The molecule has 0 nitrogen and oxygen atoms in total. The zero-order valence-electron chi connectivity index (χ0n) is 29.4. The van der Waals surface area contributed by atoms with E-state index in [4.69, 9.17) is 0 Å². The van der Waals surface area contributed by atoms with Crippen molar-refractivity contribution >= 4 is 21.8 Å². The molecular weight excluding hydrogens is 792 g/mol. The summed E-state index contributed by atoms with van der Waals surface area (Å²) in [6, 6.07) is 80.7. The number of hydrogen-bond acceptors (Lipinski definition) is 0. The van der Waals surface area contributed by atoms with Crippen LogP contribution >= 0.6 is 0 Å². The van der Waals surface area contributed by atoms with Crippen LogP contribution in [0.2, 0.25) is 0 Å². The summed E-state index contributed by atoms with van der Waals surface area (Å²) in [6.07, 6.45) is 1.89. The molecule has 3 heteroatoms. The number of rotatable bonds is 12. The molecule has 0 spiro atoms. The lowest BCUT2D eigenvalue weighted by Gasteiger charge is -2.09. The van der Waals surface area contributed by atoms with Crippen LogP contribution in [0.5, 0.6) is 0 Å². The van der Waals surface area contributed by atoms with Gasteiger partial charge in [-0.3, -0.25) is 0 Å². The standard InChI is InChI=1S/C50H40IS2/c1-5-13-45(14-6-1)52(46-15-7-2-8-16-46)49-33-25-41(26-34-49)37-39-21-29-43(30-22-39)51-44-31-23-40(24-32-44)38-42-27-35-50(36-28-42)53(47-17-9-3-10-18-47)48-19-11-4-12-20-48/h1-36H,37-38H2/q+3. The highest BCUT2D eigenvalue weighted by atomic mass is 127. The van der Waals surface area contributed by atoms with Gasteiger partial charge in [0.2, 0.25) is 0 Å². The predicted octanol–water partition coefficient (Wildman–Crippen LogP) is 9.19. The van der Waals surface area contributed by atoms with E-state index in [1.165, 1.54) is 58.8 Å². The molecule has 0 N–H and O–H groups in total. The van der Waals surface area contributed by atoms with Gasteiger partial charge in [-0.05, 0) is 132 Å². The quantitative estimate of drug-likeness (QED) is 0.0852. The Morgan fingerprint density at radius 2 is 0.472 bits per heavy atom. The fourth-order valence-electron chi connectivity index (χ4n) is 6.46. The van der Waals surface area contributed by atoms with Gasteiger partial charge in [0.05, 0.1) is 21.8 Å². The Balaban J connectivity index is 0.882. The van der Waals surface area contributed by atoms with Gasteiger partial charge in [0.15, 0.2) is 36.5 Å². The molecule has 0 heterocycles. The molecule has 0 bridgehead atoms. The predicted molar refractivity (Wildman–Crippen MR) is 219 cm³/mol. The van der Waals surface area contributed by atoms with Crippen LogP contribution in [0.1, 0.15) is 22.3 Å². The van der Waals surface area contributed by atoms with Crippen molar-refractivity contribution in [3.8, 4) is 0 Å². The summed E-state index contributed by atoms with van der Waals surface area (Å²) < 4.78 is 2.90. The van der Waals surface area contributed by atoms with Gasteiger partial charge < -0.3 is 0 Å². The Bertz CT molecular complexity index is 2060. The van der Waals surface area contributed by atoms with E-state index in [2.05, 4.69) is 218 Å². The highest BCUT2D eigenvalue weighted by molar-refractivity contribution is 7.97. The van der Waals surface area contributed by atoms with Crippen molar-refractivity contribution < 1.29 is 21.2 Å². The Hall–Kier alpha value is -4.81. The van der Waals surface area contributed by atoms with Crippen molar-refractivity contribution in [1.29, 1.82) is 0 Å². The van der Waals surface area contributed by atoms with Gasteiger partial charge in [0.1, 0.15) is 0 Å². The van der Waals surface area contributed by atoms with E-state index in [9.17, 15) is 0 Å². The molecule has 0 aliphatic carbocycles. The molecule has 0 radical (unpaired) electrons. The fraction of sp³-hybridized carbons (Fsp3) is 0.0400. The van der Waals surface area contributed by atoms with Crippen molar-refractivity contribution in [3.05, 3.63) is 248 Å². The molecule has 0 saturated heterocycles. The minimum absolute atomic E-state index is 0.115. The van der Waals surface area contributed by atoms with E-state index in [1.54, 1.807) is 0 Å². The van der Waals surface area contributed by atoms with Crippen molar-refractivity contribution in [2.45, 2.75) is 42.2 Å². The van der Waals surface area contributed by atoms with Crippen LogP contribution in [0, 0.1) is 7.14 Å². The van der Waals surface area contributed by atoms with Crippen LogP contribution in [0.4, 0.5) is 0 Å². The van der Waals surface area contributed by atoms with E-state index in [0.717, 1.165) is 12.8 Å². The second-order valence-electron chi connectivity index (χ2n) is 12.9. The molecular formula is C50H40IS2+3. The molecule has 0 unspecified atom stereocenters. The first-order chi connectivity index (χ1) is 26.2. The largest absolute Gasteiger partial charge is 0.357 e. The second-order valence-corrected chi connectivity index (χ2v) is 19.9. The van der Waals surface area contributed by atoms with Gasteiger partial charge in [-0.15, -0.1) is 0 Å². The molecule has 0 amide bonds. The van der Waals surface area contributed by atoms with Crippen molar-refractivity contribution in [2.24, 2.45) is 0 Å². The van der Waals surface area contributed by atoms with Crippen LogP contribution in [0.15, 0.2) is 248 Å². The lowest BCUT2D eigenvalue weighted by molar-refractivity contribution is -0.597. The SMILES string of the molecule is c1ccc([S+](c2ccccc2)c2ccc(Cc3ccc([I+]c4ccc(Cc5ccc([S+](c6ccccc6)c6ccccc6)cc5)cc4)cc3)cc2)cc1. The van der Waals surface area contributed by atoms with Crippen molar-refractivity contribution in [3.63, 3.8) is 0 Å². The van der Waals surface area contributed by atoms with Gasteiger partial charge in [0.25, 0.3) is 0 Å². The zero-order valence-corrected chi connectivity index (χ0v) is 33.2. The Morgan fingerprint density at radius 3 is 0.736 bits per heavy atom. The lowest BCUT2D eigenvalue weighted by atomic mass is 10.1. The molecule has 8 aromatic carbocycles. The average molecular weight is 832 g/mol. The van der Waals surface area contributed by atoms with Gasteiger partial charge in [-0.1, -0.05) is 121 Å². The summed E-state index contributed by atoms with van der Waals surface area (Å²) in [4.78, 5) is 8.10. The van der Waals surface area contributed by atoms with Gasteiger partial charge >= 0.3 is 21.2 Å². The third kappa shape index (κ3) is 9.05. The number of hydrogen-bond donors (Lipinski definition) is 0. The summed E-state index contributed by atoms with van der Waals surface area (Å²) in [6.45, 7) is 0. The van der Waals surface area contributed by atoms with Crippen LogP contribution in [-0.2, 0) is 34.6 Å². The number of halogens is 1. The maximum atomic E-state index is 2.34. The van der Waals surface area contributed by atoms with Crippen LogP contribution in [-0.4, -0.2) is 0 Å². The summed E-state index contributed by atoms with van der Waals surface area (Å²) >= 11 is -0.230. The first-order valence-corrected chi connectivity index (χ1v) is 22.6. The summed E-state index contributed by atoms with van der Waals surface area (Å²) in [5.74, 6) is 0. The van der Waals surface area contributed by atoms with Gasteiger partial charge in [-0.25, -0.2) is 0 Å². The van der Waals surface area contributed by atoms with Crippen molar-refractivity contribution in [1.82, 2.24) is 0 Å². The van der Waals surface area contributed by atoms with E-state index in [1.807, 2.05) is 0 Å². The number of benzene rings is 8. The van der Waals surface area contributed by atoms with Gasteiger partial charge in [-0.2, -0.15) is 0 Å². The summed E-state index contributed by atoms with van der Waals surface area (Å²) in [7, 11) is -0.231. The average Bonchev–Trinajstić information content (AvgIpc) is 3.22. The lowest BCUT2D eigenvalue weighted by Crippen LogP contribution is -3.61. The summed E-state index contributed by atoms with van der Waals surface area (Å²) in [5, 5.41) is 0. The molecule has 8 rings (SSSR count). The van der Waals surface area contributed by atoms with Gasteiger partial charge in [0, 0.05) is 0 Å². The minimum Gasteiger partial charge on any atom is -0.0619 e. The Morgan fingerprint density at radius 1 is 0.245 bits per heavy atom. The normalized spacial score (nSPS) is 11.2. The van der Waals surface area contributed by atoms with E-state index >= 15 is 0 Å². The van der Waals surface area contributed by atoms with E-state index < -0.39 is 0 Å². The molecule has 0 aromatic heterocycles. The Kier molecular flexibility index (Phi) is 11.5. The Labute approximate surface area is 330 Å². The fourth-order valence-corrected chi connectivity index (χ4v) is 12.8. The molecule has 53 heavy (non-hydrogen) atoms. The van der Waals surface area contributed by atoms with Crippen LogP contribution in [0.3, 0.4) is 0 Å². The first kappa shape index (κ1) is 35.2. The molecule has 256 valence electrons. The smallest absolute Gasteiger partial charge is 0.0619 e. The zero-order chi connectivity index (χ0) is 35.7. The highest BCUT2D eigenvalue weighted by Crippen LogP contribution is 2.32. The monoisotopic (exact) mass is 831 g/mol. The molecule has 0 aliphatic heterocycles. The topological polar surface area (TPSA) is 0 Å². The third-order valence-corrected chi connectivity index (χ3v) is 16.2. The maximum Gasteiger partial charge on any atom is 0.357 e. The summed E-state index contributed by atoms with van der Waals surface area (Å²) in [5.41, 5.74) is 5.41. The first-order valence-electron chi connectivity index (χ1n) is 17.9. The third-order valence-electron chi connectivity index (χ3n) is 9.09. The van der Waals surface area contributed by atoms with E-state index in [0.29, 0.717) is 0 Å².